The van der Waals surface area contributed by atoms with Crippen molar-refractivity contribution in [1.82, 2.24) is 9.88 Å². The summed E-state index contributed by atoms with van der Waals surface area (Å²) in [5.41, 5.74) is -0.0486. The summed E-state index contributed by atoms with van der Waals surface area (Å²) in [7, 11) is 1.37. The first-order valence-corrected chi connectivity index (χ1v) is 13.1. The molecule has 0 fully saturated rings. The van der Waals surface area contributed by atoms with E-state index in [0.29, 0.717) is 17.8 Å². The largest absolute Gasteiger partial charge is 0.497 e. The Balaban J connectivity index is 0.000000746. The molecule has 10 heteroatoms. The maximum absolute atomic E-state index is 13.2. The zero-order valence-corrected chi connectivity index (χ0v) is 24.3. The van der Waals surface area contributed by atoms with Crippen LogP contribution in [0.4, 0.5) is 26.3 Å². The lowest BCUT2D eigenvalue weighted by atomic mass is 9.95. The van der Waals surface area contributed by atoms with Crippen LogP contribution in [0.5, 0.6) is 5.75 Å². The fraction of sp³-hybridized carbons (Fsp3) is 0.586. The average Bonchev–Trinajstić information content (AvgIpc) is 2.87. The molecule has 0 spiro atoms. The maximum atomic E-state index is 13.2. The van der Waals surface area contributed by atoms with Gasteiger partial charge in [-0.15, -0.1) is 0 Å². The van der Waals surface area contributed by atoms with Gasteiger partial charge in [0, 0.05) is 23.4 Å². The minimum absolute atomic E-state index is 0.0939. The summed E-state index contributed by atoms with van der Waals surface area (Å²) in [6.45, 7) is 16.2. The lowest BCUT2D eigenvalue weighted by Gasteiger charge is -2.28. The van der Waals surface area contributed by atoms with Gasteiger partial charge in [-0.2, -0.15) is 26.3 Å². The summed E-state index contributed by atoms with van der Waals surface area (Å²) in [5, 5.41) is 0. The third-order valence-corrected chi connectivity index (χ3v) is 6.07. The molecule has 0 radical (unpaired) electrons. The number of ketones is 1. The highest BCUT2D eigenvalue weighted by atomic mass is 19.4. The highest BCUT2D eigenvalue weighted by molar-refractivity contribution is 5.95. The molecular formula is C29H42F6N2O2. The number of carbonyl (C=O) groups is 1. The minimum Gasteiger partial charge on any atom is -0.497 e. The van der Waals surface area contributed by atoms with Gasteiger partial charge in [0.25, 0.3) is 0 Å². The minimum atomic E-state index is -4.52. The van der Waals surface area contributed by atoms with Gasteiger partial charge in [0.2, 0.25) is 0 Å². The molecule has 0 aliphatic carbocycles. The van der Waals surface area contributed by atoms with Crippen LogP contribution < -0.4 is 4.74 Å². The van der Waals surface area contributed by atoms with Crippen LogP contribution in [-0.4, -0.2) is 48.6 Å². The van der Waals surface area contributed by atoms with Crippen molar-refractivity contribution >= 4 is 5.78 Å². The zero-order chi connectivity index (χ0) is 30.6. The van der Waals surface area contributed by atoms with Gasteiger partial charge < -0.3 is 9.64 Å². The summed E-state index contributed by atoms with van der Waals surface area (Å²) >= 11 is 0. The van der Waals surface area contributed by atoms with E-state index in [1.807, 2.05) is 27.7 Å². The molecule has 0 aliphatic heterocycles. The smallest absolute Gasteiger partial charge is 0.417 e. The van der Waals surface area contributed by atoms with E-state index >= 15 is 0 Å². The van der Waals surface area contributed by atoms with Crippen molar-refractivity contribution in [1.29, 1.82) is 0 Å². The van der Waals surface area contributed by atoms with Crippen LogP contribution in [0, 0.1) is 18.8 Å². The molecule has 39 heavy (non-hydrogen) atoms. The molecule has 4 nitrogen and oxygen atoms in total. The molecule has 2 atom stereocenters. The fourth-order valence-corrected chi connectivity index (χ4v) is 3.70. The molecule has 2 unspecified atom stereocenters. The number of aryl methyl sites for hydroxylation is 1. The number of aromatic nitrogens is 1. The monoisotopic (exact) mass is 564 g/mol. The molecule has 0 saturated heterocycles. The highest BCUT2D eigenvalue weighted by Gasteiger charge is 2.39. The summed E-state index contributed by atoms with van der Waals surface area (Å²) in [6, 6.07) is 6.37. The molecule has 2 aromatic rings. The number of ether oxygens (including phenoxy) is 1. The van der Waals surface area contributed by atoms with Gasteiger partial charge in [-0.05, 0) is 69.6 Å². The molecule has 1 heterocycles. The Labute approximate surface area is 228 Å². The number of methoxy groups -OCH3 is 1. The normalized spacial score (nSPS) is 13.0. The second kappa shape index (κ2) is 16.5. The molecule has 0 aliphatic rings. The SMILES string of the molecule is CC.CCCN(CC)CC(C)C(C)C(F)(F)F.COc1ccc(C(F)(F)F)c(-c2cc(C(C)=O)cc(C)n2)c1. The van der Waals surface area contributed by atoms with Crippen molar-refractivity contribution in [3.05, 3.63) is 47.2 Å². The Bertz CT molecular complexity index is 1020. The molecule has 222 valence electrons. The van der Waals surface area contributed by atoms with Gasteiger partial charge in [0.1, 0.15) is 5.75 Å². The number of pyridine rings is 1. The van der Waals surface area contributed by atoms with Crippen LogP contribution >= 0.6 is 0 Å². The average molecular weight is 565 g/mol. The number of halogens is 6. The van der Waals surface area contributed by atoms with Crippen molar-refractivity contribution < 1.29 is 35.9 Å². The lowest BCUT2D eigenvalue weighted by Crippen LogP contribution is -2.36. The number of Topliss-reactive ketones (excluding diaryl/α,β-unsaturated/α-hetero) is 1. The van der Waals surface area contributed by atoms with Gasteiger partial charge in [0.15, 0.2) is 5.78 Å². The molecule has 0 amide bonds. The van der Waals surface area contributed by atoms with E-state index in [4.69, 9.17) is 4.74 Å². The fourth-order valence-electron chi connectivity index (χ4n) is 3.70. The third kappa shape index (κ3) is 12.0. The molecule has 0 bridgehead atoms. The number of hydrogen-bond donors (Lipinski definition) is 0. The van der Waals surface area contributed by atoms with E-state index in [-0.39, 0.29) is 28.7 Å². The second-order valence-corrected chi connectivity index (χ2v) is 9.05. The van der Waals surface area contributed by atoms with E-state index in [2.05, 4.69) is 9.88 Å². The highest BCUT2D eigenvalue weighted by Crippen LogP contribution is 2.38. The lowest BCUT2D eigenvalue weighted by molar-refractivity contribution is -0.183. The Kier molecular flexibility index (Phi) is 15.4. The van der Waals surface area contributed by atoms with E-state index in [9.17, 15) is 31.1 Å². The van der Waals surface area contributed by atoms with Gasteiger partial charge >= 0.3 is 12.4 Å². The second-order valence-electron chi connectivity index (χ2n) is 9.05. The van der Waals surface area contributed by atoms with Crippen LogP contribution in [0.25, 0.3) is 11.3 Å². The van der Waals surface area contributed by atoms with Crippen molar-refractivity contribution in [2.45, 2.75) is 74.2 Å². The predicted octanol–water partition coefficient (Wildman–Crippen LogP) is 8.87. The number of hydrogen-bond acceptors (Lipinski definition) is 4. The topological polar surface area (TPSA) is 42.4 Å². The first-order valence-electron chi connectivity index (χ1n) is 13.1. The Morgan fingerprint density at radius 1 is 1.03 bits per heavy atom. The third-order valence-electron chi connectivity index (χ3n) is 6.07. The first kappa shape index (κ1) is 36.4. The van der Waals surface area contributed by atoms with Crippen LogP contribution in [0.15, 0.2) is 30.3 Å². The quantitative estimate of drug-likeness (QED) is 0.225. The standard InChI is InChI=1S/C16H14F3NO2.C11H22F3N.C2H6/c1-9-6-11(10(2)21)7-15(20-9)13-8-12(22-3)4-5-14(13)16(17,18)19;1-5-7-15(6-2)8-9(3)10(4)11(12,13)14;1-2/h4-8H,1-3H3;9-10H,5-8H2,1-4H3;1-2H3. The molecule has 2 rings (SSSR count). The van der Waals surface area contributed by atoms with E-state index in [1.165, 1.54) is 39.2 Å². The van der Waals surface area contributed by atoms with E-state index in [0.717, 1.165) is 25.6 Å². The van der Waals surface area contributed by atoms with Crippen molar-refractivity contribution in [2.24, 2.45) is 11.8 Å². The van der Waals surface area contributed by atoms with Crippen LogP contribution in [0.3, 0.4) is 0 Å². The van der Waals surface area contributed by atoms with Gasteiger partial charge in [-0.3, -0.25) is 9.78 Å². The van der Waals surface area contributed by atoms with Crippen molar-refractivity contribution in [3.8, 4) is 17.0 Å². The van der Waals surface area contributed by atoms with Crippen LogP contribution in [-0.2, 0) is 6.18 Å². The first-order chi connectivity index (χ1) is 18.0. The summed E-state index contributed by atoms with van der Waals surface area (Å²) in [4.78, 5) is 17.7. The summed E-state index contributed by atoms with van der Waals surface area (Å²) < 4.78 is 81.8. The number of carbonyl (C=O) groups excluding carboxylic acids is 1. The maximum Gasteiger partial charge on any atom is 0.417 e. The summed E-state index contributed by atoms with van der Waals surface area (Å²) in [6.07, 6.45) is -7.60. The molecule has 1 aromatic carbocycles. The van der Waals surface area contributed by atoms with Gasteiger partial charge in [0.05, 0.1) is 24.3 Å². The summed E-state index contributed by atoms with van der Waals surface area (Å²) in [5.74, 6) is -1.50. The molecule has 0 N–H and O–H groups in total. The Hall–Kier alpha value is -2.62. The van der Waals surface area contributed by atoms with E-state index in [1.54, 1.807) is 19.9 Å². The van der Waals surface area contributed by atoms with Crippen molar-refractivity contribution in [2.75, 3.05) is 26.7 Å². The molecular weight excluding hydrogens is 522 g/mol. The Morgan fingerprint density at radius 3 is 2.05 bits per heavy atom. The zero-order valence-electron chi connectivity index (χ0n) is 24.3. The van der Waals surface area contributed by atoms with Crippen LogP contribution in [0.1, 0.15) is 76.5 Å². The van der Waals surface area contributed by atoms with Gasteiger partial charge in [-0.25, -0.2) is 0 Å². The predicted molar refractivity (Wildman–Crippen MR) is 144 cm³/mol. The van der Waals surface area contributed by atoms with Crippen molar-refractivity contribution in [3.63, 3.8) is 0 Å². The number of rotatable bonds is 9. The number of nitrogens with zero attached hydrogens (tertiary/aromatic N) is 2. The molecule has 1 aromatic heterocycles. The van der Waals surface area contributed by atoms with Gasteiger partial charge in [-0.1, -0.05) is 41.5 Å². The molecule has 0 saturated carbocycles. The number of alkyl halides is 6. The number of benzene rings is 1. The Morgan fingerprint density at radius 2 is 1.62 bits per heavy atom. The van der Waals surface area contributed by atoms with E-state index < -0.39 is 23.8 Å². The van der Waals surface area contributed by atoms with Crippen LogP contribution in [0.2, 0.25) is 0 Å².